The second-order valence-corrected chi connectivity index (χ2v) is 7.32. The van der Waals surface area contributed by atoms with Crippen molar-refractivity contribution in [2.75, 3.05) is 12.4 Å². The quantitative estimate of drug-likeness (QED) is 0.405. The van der Waals surface area contributed by atoms with Crippen LogP contribution in [0.1, 0.15) is 17.1 Å². The van der Waals surface area contributed by atoms with Crippen LogP contribution < -0.4 is 10.1 Å². The summed E-state index contributed by atoms with van der Waals surface area (Å²) in [6, 6.07) is 21.9. The van der Waals surface area contributed by atoms with Gasteiger partial charge >= 0.3 is 0 Å². The minimum atomic E-state index is -0.246. The molecule has 3 aromatic carbocycles. The van der Waals surface area contributed by atoms with Crippen LogP contribution in [0.25, 0.3) is 5.69 Å². The van der Waals surface area contributed by atoms with Gasteiger partial charge in [0.1, 0.15) is 17.4 Å². The molecular formula is C24H21ClFN3O. The average molecular weight is 422 g/mol. The summed E-state index contributed by atoms with van der Waals surface area (Å²) < 4.78 is 20.5. The highest BCUT2D eigenvalue weighted by Gasteiger charge is 2.11. The van der Waals surface area contributed by atoms with E-state index in [0.717, 1.165) is 34.2 Å². The van der Waals surface area contributed by atoms with Gasteiger partial charge in [-0.25, -0.2) is 9.37 Å². The van der Waals surface area contributed by atoms with Gasteiger partial charge in [-0.3, -0.25) is 0 Å². The van der Waals surface area contributed by atoms with Crippen LogP contribution in [0, 0.1) is 5.82 Å². The van der Waals surface area contributed by atoms with Crippen molar-refractivity contribution in [1.29, 1.82) is 0 Å². The van der Waals surface area contributed by atoms with Crippen molar-refractivity contribution >= 4 is 17.3 Å². The number of ether oxygens (including phenoxy) is 1. The number of aromatic nitrogens is 2. The molecule has 1 heterocycles. The maximum Gasteiger partial charge on any atom is 0.123 e. The van der Waals surface area contributed by atoms with Crippen molar-refractivity contribution in [3.05, 3.63) is 107 Å². The number of rotatable bonds is 7. The van der Waals surface area contributed by atoms with Crippen molar-refractivity contribution in [3.63, 3.8) is 0 Å². The lowest BCUT2D eigenvalue weighted by Gasteiger charge is -2.08. The molecule has 0 unspecified atom stereocenters. The molecule has 1 N–H and O–H groups in total. The molecule has 0 amide bonds. The lowest BCUT2D eigenvalue weighted by Crippen LogP contribution is -2.01. The zero-order valence-corrected chi connectivity index (χ0v) is 17.2. The van der Waals surface area contributed by atoms with E-state index < -0.39 is 0 Å². The smallest absolute Gasteiger partial charge is 0.123 e. The van der Waals surface area contributed by atoms with E-state index in [9.17, 15) is 4.39 Å². The highest BCUT2D eigenvalue weighted by Crippen LogP contribution is 2.20. The van der Waals surface area contributed by atoms with Crippen molar-refractivity contribution in [1.82, 2.24) is 9.55 Å². The van der Waals surface area contributed by atoms with Crippen LogP contribution in [-0.2, 0) is 13.0 Å². The Balaban J connectivity index is 1.59. The van der Waals surface area contributed by atoms with Crippen molar-refractivity contribution in [2.45, 2.75) is 13.0 Å². The number of anilines is 1. The Hall–Kier alpha value is -3.31. The Morgan fingerprint density at radius 1 is 0.967 bits per heavy atom. The number of nitrogens with zero attached hydrogens (tertiary/aromatic N) is 2. The van der Waals surface area contributed by atoms with Crippen molar-refractivity contribution < 1.29 is 9.13 Å². The van der Waals surface area contributed by atoms with Crippen LogP contribution in [0.4, 0.5) is 10.1 Å². The fourth-order valence-corrected chi connectivity index (χ4v) is 3.32. The van der Waals surface area contributed by atoms with Gasteiger partial charge in [-0.15, -0.1) is 0 Å². The van der Waals surface area contributed by atoms with E-state index in [1.165, 1.54) is 12.1 Å². The number of benzene rings is 3. The predicted molar refractivity (Wildman–Crippen MR) is 118 cm³/mol. The number of hydrogen-bond acceptors (Lipinski definition) is 3. The van der Waals surface area contributed by atoms with Crippen LogP contribution in [0.5, 0.6) is 5.75 Å². The maximum atomic E-state index is 13.3. The van der Waals surface area contributed by atoms with E-state index >= 15 is 0 Å². The summed E-state index contributed by atoms with van der Waals surface area (Å²) >= 11 is 6.05. The zero-order valence-electron chi connectivity index (χ0n) is 16.5. The molecule has 0 spiro atoms. The number of halogens is 2. The SMILES string of the molecule is COc1ccc(NCc2cn(-c3ccc(Cl)cc3)c(Cc3ccc(F)cc3)n2)cc1. The molecule has 0 aliphatic carbocycles. The van der Waals surface area contributed by atoms with Crippen LogP contribution >= 0.6 is 11.6 Å². The molecule has 4 nitrogen and oxygen atoms in total. The molecule has 4 aromatic rings. The molecule has 0 saturated carbocycles. The molecule has 0 aliphatic rings. The number of imidazole rings is 1. The Bertz CT molecular complexity index is 1110. The summed E-state index contributed by atoms with van der Waals surface area (Å²) in [6.45, 7) is 0.573. The molecule has 0 radical (unpaired) electrons. The lowest BCUT2D eigenvalue weighted by atomic mass is 10.1. The van der Waals surface area contributed by atoms with Gasteiger partial charge in [-0.1, -0.05) is 23.7 Å². The molecule has 0 bridgehead atoms. The summed E-state index contributed by atoms with van der Waals surface area (Å²) in [7, 11) is 1.65. The monoisotopic (exact) mass is 421 g/mol. The average Bonchev–Trinajstić information content (AvgIpc) is 3.17. The van der Waals surface area contributed by atoms with E-state index in [-0.39, 0.29) is 5.82 Å². The van der Waals surface area contributed by atoms with Crippen LogP contribution in [0.3, 0.4) is 0 Å². The van der Waals surface area contributed by atoms with Gasteiger partial charge in [0.15, 0.2) is 0 Å². The fraction of sp³-hybridized carbons (Fsp3) is 0.125. The number of nitrogens with one attached hydrogen (secondary N) is 1. The normalized spacial score (nSPS) is 10.8. The van der Waals surface area contributed by atoms with Crippen LogP contribution in [0.2, 0.25) is 5.02 Å². The summed E-state index contributed by atoms with van der Waals surface area (Å²) in [5, 5.41) is 4.06. The summed E-state index contributed by atoms with van der Waals surface area (Å²) in [6.07, 6.45) is 2.60. The standard InChI is InChI=1S/C24H21ClFN3O/c1-30-23-12-8-20(9-13-23)27-15-21-16-29(22-10-4-18(25)5-11-22)24(28-21)14-17-2-6-19(26)7-3-17/h2-13,16,27H,14-15H2,1H3. The van der Waals surface area contributed by atoms with Gasteiger partial charge < -0.3 is 14.6 Å². The molecule has 0 atom stereocenters. The highest BCUT2D eigenvalue weighted by atomic mass is 35.5. The molecular weight excluding hydrogens is 401 g/mol. The van der Waals surface area contributed by atoms with E-state index in [1.54, 1.807) is 19.2 Å². The summed E-state index contributed by atoms with van der Waals surface area (Å²) in [4.78, 5) is 4.82. The first-order valence-electron chi connectivity index (χ1n) is 9.56. The Morgan fingerprint density at radius 2 is 1.67 bits per heavy atom. The minimum absolute atomic E-state index is 0.246. The van der Waals surface area contributed by atoms with E-state index in [4.69, 9.17) is 21.3 Å². The molecule has 0 aliphatic heterocycles. The predicted octanol–water partition coefficient (Wildman–Crippen LogP) is 5.88. The molecule has 6 heteroatoms. The third-order valence-electron chi connectivity index (χ3n) is 4.77. The summed E-state index contributed by atoms with van der Waals surface area (Å²) in [5.74, 6) is 1.44. The van der Waals surface area contributed by atoms with Gasteiger partial charge in [0.2, 0.25) is 0 Å². The minimum Gasteiger partial charge on any atom is -0.497 e. The van der Waals surface area contributed by atoms with Gasteiger partial charge in [0.25, 0.3) is 0 Å². The summed E-state index contributed by atoms with van der Waals surface area (Å²) in [5.41, 5.74) is 3.85. The van der Waals surface area contributed by atoms with Gasteiger partial charge in [-0.2, -0.15) is 0 Å². The van der Waals surface area contributed by atoms with E-state index in [0.29, 0.717) is 18.0 Å². The molecule has 4 rings (SSSR count). The van der Waals surface area contributed by atoms with Crippen molar-refractivity contribution in [2.24, 2.45) is 0 Å². The van der Waals surface area contributed by atoms with Crippen LogP contribution in [-0.4, -0.2) is 16.7 Å². The first-order chi connectivity index (χ1) is 14.6. The highest BCUT2D eigenvalue weighted by molar-refractivity contribution is 6.30. The molecule has 0 fully saturated rings. The third kappa shape index (κ3) is 4.81. The third-order valence-corrected chi connectivity index (χ3v) is 5.02. The van der Waals surface area contributed by atoms with Gasteiger partial charge in [0.05, 0.1) is 19.3 Å². The molecule has 0 saturated heterocycles. The number of hydrogen-bond donors (Lipinski definition) is 1. The largest absolute Gasteiger partial charge is 0.497 e. The fourth-order valence-electron chi connectivity index (χ4n) is 3.19. The lowest BCUT2D eigenvalue weighted by molar-refractivity contribution is 0.415. The zero-order chi connectivity index (χ0) is 20.9. The van der Waals surface area contributed by atoms with Gasteiger partial charge in [0, 0.05) is 29.0 Å². The van der Waals surface area contributed by atoms with E-state index in [1.807, 2.05) is 59.3 Å². The second kappa shape index (κ2) is 9.01. The van der Waals surface area contributed by atoms with Gasteiger partial charge in [-0.05, 0) is 66.2 Å². The van der Waals surface area contributed by atoms with Crippen molar-refractivity contribution in [3.8, 4) is 11.4 Å². The first kappa shape index (κ1) is 20.0. The molecule has 152 valence electrons. The Labute approximate surface area is 179 Å². The van der Waals surface area contributed by atoms with Crippen LogP contribution in [0.15, 0.2) is 79.0 Å². The first-order valence-corrected chi connectivity index (χ1v) is 9.94. The Morgan fingerprint density at radius 3 is 2.33 bits per heavy atom. The molecule has 1 aromatic heterocycles. The Kier molecular flexibility index (Phi) is 6.00. The topological polar surface area (TPSA) is 39.1 Å². The number of methoxy groups -OCH3 is 1. The molecule has 30 heavy (non-hydrogen) atoms. The maximum absolute atomic E-state index is 13.3. The second-order valence-electron chi connectivity index (χ2n) is 6.88. The van der Waals surface area contributed by atoms with E-state index in [2.05, 4.69) is 5.32 Å².